The second-order valence-electron chi connectivity index (χ2n) is 12.4. The van der Waals surface area contributed by atoms with Crippen molar-refractivity contribution in [3.05, 3.63) is 243 Å². The van der Waals surface area contributed by atoms with Crippen LogP contribution in [-0.4, -0.2) is 0 Å². The molecule has 0 radical (unpaired) electrons. The first-order valence-corrected chi connectivity index (χ1v) is 21.0. The molecule has 8 rings (SSSR count). The van der Waals surface area contributed by atoms with Gasteiger partial charge < -0.3 is 0 Å². The fraction of sp³-hybridized carbons (Fsp3) is 0. The largest absolute Gasteiger partial charge is 0.194 e. The van der Waals surface area contributed by atoms with Crippen molar-refractivity contribution in [1.29, 1.82) is 0 Å². The van der Waals surface area contributed by atoms with Crippen LogP contribution in [0.5, 0.6) is 0 Å². The number of hydrogen-bond acceptors (Lipinski definition) is 4. The Labute approximate surface area is 326 Å². The molecule has 0 atom stereocenters. The van der Waals surface area contributed by atoms with Gasteiger partial charge in [-0.2, -0.15) is 8.97 Å². The maximum Gasteiger partial charge on any atom is 0.148 e. The van der Waals surface area contributed by atoms with E-state index in [0.29, 0.717) is 8.97 Å². The summed E-state index contributed by atoms with van der Waals surface area (Å²) in [5.41, 5.74) is 9.71. The van der Waals surface area contributed by atoms with Gasteiger partial charge in [0.05, 0.1) is 0 Å². The second-order valence-corrected chi connectivity index (χ2v) is 14.4. The van der Waals surface area contributed by atoms with Crippen LogP contribution in [0.25, 0.3) is 0 Å². The van der Waals surface area contributed by atoms with Crippen LogP contribution in [0.1, 0.15) is 0 Å². The first kappa shape index (κ1) is 38.6. The Hall–Kier alpha value is -6.11. The van der Waals surface area contributed by atoms with Gasteiger partial charge in [-0.15, -0.1) is 0 Å². The first-order valence-electron chi connectivity index (χ1n) is 17.7. The average Bonchev–Trinajstić information content (AvgIpc) is 3.24. The van der Waals surface area contributed by atoms with Gasteiger partial charge in [0.15, 0.2) is 0 Å². The molecule has 7 heteroatoms. The minimum atomic E-state index is -6.02. The number of benzene rings is 8. The van der Waals surface area contributed by atoms with Gasteiger partial charge >= 0.3 is 31.1 Å². The Bertz CT molecular complexity index is 1930. The Morgan fingerprint density at radius 1 is 0.236 bits per heavy atom. The number of nitrogens with zero attached hydrogens (tertiary/aromatic N) is 2. The molecule has 8 aromatic carbocycles. The Balaban J connectivity index is 0.000000167. The molecule has 0 aliphatic carbocycles. The van der Waals surface area contributed by atoms with E-state index in [2.05, 4.69) is 243 Å². The van der Waals surface area contributed by atoms with Crippen molar-refractivity contribution >= 4 is 45.5 Å². The topological polar surface area (TPSA) is 80.3 Å². The molecule has 0 fully saturated rings. The monoisotopic (exact) mass is 806 g/mol. The molecule has 0 unspecified atom stereocenters. The van der Waals surface area contributed by atoms with Crippen molar-refractivity contribution in [3.8, 4) is 0 Å². The predicted octanol–water partition coefficient (Wildman–Crippen LogP) is 11.4. The molecule has 55 heavy (non-hydrogen) atoms. The summed E-state index contributed by atoms with van der Waals surface area (Å²) in [5, 5.41) is 0. The van der Waals surface area contributed by atoms with Crippen molar-refractivity contribution < 1.29 is 31.1 Å². The molecule has 0 bridgehead atoms. The van der Waals surface area contributed by atoms with Crippen molar-refractivity contribution in [2.24, 2.45) is 0 Å². The van der Waals surface area contributed by atoms with Crippen LogP contribution >= 0.6 is 0 Å². The molecule has 8 aromatic rings. The van der Waals surface area contributed by atoms with E-state index in [9.17, 15) is 0 Å². The van der Waals surface area contributed by atoms with Crippen LogP contribution in [0.3, 0.4) is 0 Å². The number of hydrogen-bond donors (Lipinski definition) is 0. The van der Waals surface area contributed by atoms with Gasteiger partial charge in [0.25, 0.3) is 0 Å². The maximum atomic E-state index is 8.63. The molecular formula is C48H40MoN2O4. The van der Waals surface area contributed by atoms with Crippen LogP contribution in [-0.2, 0) is 23.5 Å². The van der Waals surface area contributed by atoms with E-state index in [1.807, 2.05) is 0 Å². The van der Waals surface area contributed by atoms with Gasteiger partial charge in [0.2, 0.25) is 0 Å². The number of rotatable bonds is 8. The smallest absolute Gasteiger partial charge is 0.148 e. The van der Waals surface area contributed by atoms with E-state index >= 15 is 0 Å². The molecule has 0 amide bonds. The Kier molecular flexibility index (Phi) is 12.8. The molecular weight excluding hydrogens is 764 g/mol. The van der Waals surface area contributed by atoms with Gasteiger partial charge in [0, 0.05) is 97.1 Å². The Morgan fingerprint density at radius 2 is 0.327 bits per heavy atom. The molecule has 0 saturated heterocycles. The van der Waals surface area contributed by atoms with Crippen LogP contribution < -0.4 is 16.5 Å². The van der Waals surface area contributed by atoms with Gasteiger partial charge in [-0.05, 0) is 0 Å². The van der Waals surface area contributed by atoms with Crippen molar-refractivity contribution in [2.45, 2.75) is 0 Å². The van der Waals surface area contributed by atoms with Crippen LogP contribution in [0, 0.1) is 0 Å². The van der Waals surface area contributed by atoms with E-state index < -0.39 is 16.7 Å². The fourth-order valence-electron chi connectivity index (χ4n) is 7.00. The summed E-state index contributed by atoms with van der Waals surface area (Å²) in [7, 11) is 0. The molecule has 0 N–H and O–H groups in total. The van der Waals surface area contributed by atoms with E-state index in [1.54, 1.807) is 0 Å². The van der Waals surface area contributed by atoms with Gasteiger partial charge in [-0.3, -0.25) is 0 Å². The van der Waals surface area contributed by atoms with E-state index in [1.165, 1.54) is 45.5 Å². The average molecular weight is 805 g/mol. The van der Waals surface area contributed by atoms with Crippen LogP contribution in [0.4, 0.5) is 45.5 Å². The molecule has 0 spiro atoms. The summed E-state index contributed by atoms with van der Waals surface area (Å²) in [6, 6.07) is 85.5. The van der Waals surface area contributed by atoms with E-state index in [-0.39, 0.29) is 0 Å². The standard InChI is InChI=1S/2C24H20N.Mo.4O/c2*1-5-13-21(14-6-1)25(22-15-7-2-8-16-22,23-17-9-3-10-18-23)24-19-11-4-12-20-24;;;;;/h2*1-20H;;;;;/q2*+1;;;;2*-1. The molecule has 0 aliphatic rings. The third-order valence-corrected chi connectivity index (χ3v) is 9.15. The molecule has 272 valence electrons. The van der Waals surface area contributed by atoms with Crippen molar-refractivity contribution in [2.75, 3.05) is 0 Å². The summed E-state index contributed by atoms with van der Waals surface area (Å²) in [6.45, 7) is 0. The molecule has 0 aromatic heterocycles. The number of quaternary nitrogens is 2. The SMILES string of the molecule is [O]=[Mo](=[O])([O-])[O-].c1ccc([N+](c2ccccc2)(c2ccccc2)c2ccccc2)cc1.c1ccc([N+](c2ccccc2)(c2ccccc2)c2ccccc2)cc1. The summed E-state index contributed by atoms with van der Waals surface area (Å²) in [5.74, 6) is 0. The maximum absolute atomic E-state index is 8.63. The molecule has 6 nitrogen and oxygen atoms in total. The van der Waals surface area contributed by atoms with Crippen LogP contribution in [0.2, 0.25) is 0 Å². The molecule has 0 saturated carbocycles. The fourth-order valence-corrected chi connectivity index (χ4v) is 7.00. The summed E-state index contributed by atoms with van der Waals surface area (Å²) < 4.78 is 35.6. The quantitative estimate of drug-likeness (QED) is 0.113. The van der Waals surface area contributed by atoms with E-state index in [4.69, 9.17) is 14.3 Å². The van der Waals surface area contributed by atoms with Gasteiger partial charge in [0.1, 0.15) is 45.5 Å². The normalized spacial score (nSPS) is 11.2. The minimum absolute atomic E-state index is 0.559. The van der Waals surface area contributed by atoms with Crippen molar-refractivity contribution in [1.82, 2.24) is 8.97 Å². The predicted molar refractivity (Wildman–Crippen MR) is 214 cm³/mol. The summed E-state index contributed by atoms with van der Waals surface area (Å²) >= 11 is -6.02. The summed E-state index contributed by atoms with van der Waals surface area (Å²) in [4.78, 5) is 0. The summed E-state index contributed by atoms with van der Waals surface area (Å²) in [6.07, 6.45) is 0. The zero-order chi connectivity index (χ0) is 38.4. The van der Waals surface area contributed by atoms with Crippen LogP contribution in [0.15, 0.2) is 243 Å². The van der Waals surface area contributed by atoms with E-state index in [0.717, 1.165) is 0 Å². The third kappa shape index (κ3) is 8.99. The first-order chi connectivity index (χ1) is 26.8. The number of para-hydroxylation sites is 8. The van der Waals surface area contributed by atoms with Crippen molar-refractivity contribution in [3.63, 3.8) is 0 Å². The second kappa shape index (κ2) is 18.3. The minimum Gasteiger partial charge on any atom is -0.194 e. The Morgan fingerprint density at radius 3 is 0.418 bits per heavy atom. The zero-order valence-corrected chi connectivity index (χ0v) is 32.0. The molecule has 0 heterocycles. The van der Waals surface area contributed by atoms with Gasteiger partial charge in [-0.25, -0.2) is 0 Å². The third-order valence-electron chi connectivity index (χ3n) is 9.15. The van der Waals surface area contributed by atoms with Gasteiger partial charge in [-0.1, -0.05) is 146 Å². The zero-order valence-electron chi connectivity index (χ0n) is 30.0. The molecule has 0 aliphatic heterocycles.